The molecule has 0 radical (unpaired) electrons. The van der Waals surface area contributed by atoms with E-state index in [1.807, 2.05) is 30.3 Å². The zero-order chi connectivity index (χ0) is 13.2. The molecule has 0 amide bonds. The molecule has 2 aromatic rings. The van der Waals surface area contributed by atoms with Crippen molar-refractivity contribution in [1.29, 1.82) is 0 Å². The van der Waals surface area contributed by atoms with Gasteiger partial charge in [0.15, 0.2) is 0 Å². The van der Waals surface area contributed by atoms with Gasteiger partial charge in [-0.15, -0.1) is 0 Å². The summed E-state index contributed by atoms with van der Waals surface area (Å²) in [6, 6.07) is 11.3. The number of phenolic OH excluding ortho intramolecular Hbond substituents is 1. The fraction of sp³-hybridized carbons (Fsp3) is 0.0769. The number of nitrogens with zero attached hydrogens (tertiary/aromatic N) is 2. The molecule has 96 valence electrons. The van der Waals surface area contributed by atoms with Gasteiger partial charge in [-0.2, -0.15) is 0 Å². The number of hydrogen-bond acceptors (Lipinski definition) is 4. The van der Waals surface area contributed by atoms with Crippen molar-refractivity contribution in [3.05, 3.63) is 46.4 Å². The number of hydrogen-bond donors (Lipinski definition) is 2. The molecule has 0 saturated heterocycles. The molecule has 3 rings (SSSR count). The van der Waals surface area contributed by atoms with Crippen LogP contribution in [0.5, 0.6) is 5.75 Å². The Hall–Kier alpha value is -1.36. The van der Waals surface area contributed by atoms with Gasteiger partial charge in [0.25, 0.3) is 0 Å². The molecule has 1 heterocycles. The molecule has 1 aliphatic heterocycles. The molecule has 0 bridgehead atoms. The molecule has 1 aliphatic rings. The average Bonchev–Trinajstić information content (AvgIpc) is 2.88. The Labute approximate surface area is 124 Å². The van der Waals surface area contributed by atoms with Crippen molar-refractivity contribution in [2.45, 2.75) is 6.54 Å². The van der Waals surface area contributed by atoms with Gasteiger partial charge in [-0.1, -0.05) is 0 Å². The molecule has 19 heavy (non-hydrogen) atoms. The number of fused-ring (bicyclic) bond motifs is 1. The standard InChI is InChI=1S/C13H10BrN3OSe/c14-9-4-5-12(18)8(6-9)7-15-10-2-1-3-11-13(10)17-19-16-11/h1-6,15,18H,7H2. The molecule has 0 spiro atoms. The van der Waals surface area contributed by atoms with Crippen molar-refractivity contribution in [3.8, 4) is 5.75 Å². The molecule has 0 aliphatic carbocycles. The molecule has 0 atom stereocenters. The van der Waals surface area contributed by atoms with Crippen LogP contribution in [0.1, 0.15) is 5.56 Å². The second-order valence-corrected chi connectivity index (χ2v) is 6.09. The van der Waals surface area contributed by atoms with E-state index in [4.69, 9.17) is 0 Å². The zero-order valence-electron chi connectivity index (χ0n) is 9.80. The maximum absolute atomic E-state index is 9.81. The van der Waals surface area contributed by atoms with E-state index in [0.717, 1.165) is 27.1 Å². The monoisotopic (exact) mass is 383 g/mol. The van der Waals surface area contributed by atoms with Crippen molar-refractivity contribution < 1.29 is 5.11 Å². The molecule has 0 saturated carbocycles. The van der Waals surface area contributed by atoms with E-state index in [9.17, 15) is 5.11 Å². The minimum absolute atomic E-state index is 0.0297. The summed E-state index contributed by atoms with van der Waals surface area (Å²) in [6.07, 6.45) is 0. The van der Waals surface area contributed by atoms with Gasteiger partial charge in [-0.25, -0.2) is 0 Å². The van der Waals surface area contributed by atoms with Crippen LogP contribution in [0.25, 0.3) is 0 Å². The van der Waals surface area contributed by atoms with E-state index in [1.54, 1.807) is 6.07 Å². The topological polar surface area (TPSA) is 57.0 Å². The number of benzene rings is 2. The first-order valence-electron chi connectivity index (χ1n) is 5.66. The van der Waals surface area contributed by atoms with Gasteiger partial charge < -0.3 is 0 Å². The summed E-state index contributed by atoms with van der Waals surface area (Å²) in [5, 5.41) is 13.1. The predicted octanol–water partition coefficient (Wildman–Crippen LogP) is 4.11. The fourth-order valence-electron chi connectivity index (χ4n) is 1.83. The summed E-state index contributed by atoms with van der Waals surface area (Å²) in [5.74, 6) is 0.286. The Morgan fingerprint density at radius 2 is 2.11 bits per heavy atom. The summed E-state index contributed by atoms with van der Waals surface area (Å²) >= 11 is 3.37. The zero-order valence-corrected chi connectivity index (χ0v) is 13.1. The average molecular weight is 383 g/mol. The second-order valence-electron chi connectivity index (χ2n) is 4.06. The molecular formula is C13H10BrN3OSe. The first-order chi connectivity index (χ1) is 9.24. The first kappa shape index (κ1) is 12.7. The van der Waals surface area contributed by atoms with Crippen molar-refractivity contribution in [3.63, 3.8) is 0 Å². The van der Waals surface area contributed by atoms with E-state index in [0.29, 0.717) is 6.54 Å². The molecule has 4 nitrogen and oxygen atoms in total. The molecule has 0 unspecified atom stereocenters. The van der Waals surface area contributed by atoms with Gasteiger partial charge in [0.05, 0.1) is 0 Å². The number of aromatic hydroxyl groups is 1. The van der Waals surface area contributed by atoms with Crippen molar-refractivity contribution in [2.24, 2.45) is 7.92 Å². The van der Waals surface area contributed by atoms with E-state index in [-0.39, 0.29) is 20.3 Å². The molecule has 6 heteroatoms. The Morgan fingerprint density at radius 3 is 3.00 bits per heavy atom. The number of halogens is 1. The third-order valence-corrected chi connectivity index (χ3v) is 4.43. The van der Waals surface area contributed by atoms with Crippen LogP contribution in [-0.4, -0.2) is 19.7 Å². The summed E-state index contributed by atoms with van der Waals surface area (Å²) in [5.41, 5.74) is 3.67. The van der Waals surface area contributed by atoms with Crippen LogP contribution in [0.15, 0.2) is 48.8 Å². The van der Waals surface area contributed by atoms with E-state index < -0.39 is 0 Å². The molecule has 2 aromatic carbocycles. The van der Waals surface area contributed by atoms with Crippen molar-refractivity contribution in [1.82, 2.24) is 0 Å². The Bertz CT molecular complexity index is 711. The number of phenols is 1. The van der Waals surface area contributed by atoms with Crippen LogP contribution < -0.4 is 5.32 Å². The molecule has 2 N–H and O–H groups in total. The Kier molecular flexibility index (Phi) is 3.55. The Morgan fingerprint density at radius 1 is 1.21 bits per heavy atom. The van der Waals surface area contributed by atoms with Crippen LogP contribution in [0, 0.1) is 0 Å². The summed E-state index contributed by atoms with van der Waals surface area (Å²) < 4.78 is 9.71. The summed E-state index contributed by atoms with van der Waals surface area (Å²) in [7, 11) is 0. The van der Waals surface area contributed by atoms with Gasteiger partial charge in [-0.3, -0.25) is 0 Å². The first-order valence-corrected chi connectivity index (χ1v) is 7.99. The van der Waals surface area contributed by atoms with Gasteiger partial charge >= 0.3 is 125 Å². The normalized spacial score (nSPS) is 12.1. The second kappa shape index (κ2) is 5.33. The Balaban J connectivity index is 1.82. The quantitative estimate of drug-likeness (QED) is 0.669. The van der Waals surface area contributed by atoms with Gasteiger partial charge in [0.2, 0.25) is 0 Å². The van der Waals surface area contributed by atoms with E-state index >= 15 is 0 Å². The van der Waals surface area contributed by atoms with E-state index in [1.165, 1.54) is 0 Å². The van der Waals surface area contributed by atoms with Gasteiger partial charge in [0.1, 0.15) is 0 Å². The van der Waals surface area contributed by atoms with Crippen molar-refractivity contribution >= 4 is 47.6 Å². The molecule has 0 fully saturated rings. The van der Waals surface area contributed by atoms with Crippen LogP contribution in [0.2, 0.25) is 0 Å². The van der Waals surface area contributed by atoms with Gasteiger partial charge in [0, 0.05) is 0 Å². The van der Waals surface area contributed by atoms with Crippen LogP contribution in [-0.2, 0) is 6.54 Å². The number of anilines is 1. The van der Waals surface area contributed by atoms with Gasteiger partial charge in [-0.05, 0) is 0 Å². The summed E-state index contributed by atoms with van der Waals surface area (Å²) in [4.78, 5) is 0. The molecular weight excluding hydrogens is 373 g/mol. The van der Waals surface area contributed by atoms with Crippen LogP contribution in [0.4, 0.5) is 17.1 Å². The third kappa shape index (κ3) is 2.66. The fourth-order valence-corrected chi connectivity index (χ4v) is 3.40. The van der Waals surface area contributed by atoms with Crippen LogP contribution in [0.3, 0.4) is 0 Å². The minimum atomic E-state index is -0.0297. The van der Waals surface area contributed by atoms with Crippen LogP contribution >= 0.6 is 15.9 Å². The van der Waals surface area contributed by atoms with Crippen molar-refractivity contribution in [2.75, 3.05) is 5.32 Å². The summed E-state index contributed by atoms with van der Waals surface area (Å²) in [6.45, 7) is 0.546. The number of nitrogens with one attached hydrogen (secondary N) is 1. The van der Waals surface area contributed by atoms with E-state index in [2.05, 4.69) is 29.2 Å². The molecule has 0 aromatic heterocycles. The predicted molar refractivity (Wildman–Crippen MR) is 79.5 cm³/mol. The maximum atomic E-state index is 9.81. The third-order valence-electron chi connectivity index (χ3n) is 2.80. The SMILES string of the molecule is Oc1ccc(Br)cc1CNc1cccc2c1N=[Se]=N2. The number of rotatable bonds is 3.